The molecule has 0 radical (unpaired) electrons. The van der Waals surface area contributed by atoms with E-state index in [2.05, 4.69) is 15.8 Å². The number of benzene rings is 1. The first-order chi connectivity index (χ1) is 9.76. The van der Waals surface area contributed by atoms with Crippen molar-refractivity contribution in [3.05, 3.63) is 29.8 Å². The summed E-state index contributed by atoms with van der Waals surface area (Å²) in [5.74, 6) is 1.20. The summed E-state index contributed by atoms with van der Waals surface area (Å²) in [5, 5.41) is 0.588. The van der Waals surface area contributed by atoms with Crippen LogP contribution >= 0.6 is 23.4 Å². The fraction of sp³-hybridized carbons (Fsp3) is 0.533. The van der Waals surface area contributed by atoms with E-state index in [-0.39, 0.29) is 5.82 Å². The van der Waals surface area contributed by atoms with Crippen molar-refractivity contribution in [1.29, 1.82) is 0 Å². The Morgan fingerprint density at radius 3 is 3.05 bits per heavy atom. The van der Waals surface area contributed by atoms with E-state index in [4.69, 9.17) is 11.6 Å². The molecule has 1 aliphatic rings. The predicted molar refractivity (Wildman–Crippen MR) is 84.3 cm³/mol. The first kappa shape index (κ1) is 14.2. The van der Waals surface area contributed by atoms with Crippen LogP contribution in [0.15, 0.2) is 18.2 Å². The molecule has 1 aliphatic carbocycles. The number of aryl methyl sites for hydroxylation is 1. The second-order valence-electron chi connectivity index (χ2n) is 5.22. The summed E-state index contributed by atoms with van der Waals surface area (Å²) in [6.07, 6.45) is 6.44. The Hall–Kier alpha value is -0.740. The van der Waals surface area contributed by atoms with Crippen LogP contribution in [0.2, 0.25) is 0 Å². The van der Waals surface area contributed by atoms with E-state index in [1.165, 1.54) is 18.9 Å². The average molecular weight is 313 g/mol. The van der Waals surface area contributed by atoms with Crippen LogP contribution in [0.1, 0.15) is 31.1 Å². The van der Waals surface area contributed by atoms with E-state index < -0.39 is 0 Å². The minimum Gasteiger partial charge on any atom is -0.324 e. The molecular weight excluding hydrogens is 295 g/mol. The molecule has 2 aromatic rings. The molecular formula is C15H18ClFN2S. The molecule has 2 nitrogen and oxygen atoms in total. The molecule has 20 heavy (non-hydrogen) atoms. The molecule has 3 rings (SSSR count). The van der Waals surface area contributed by atoms with Gasteiger partial charge in [0.1, 0.15) is 11.3 Å². The molecule has 1 aromatic heterocycles. The SMILES string of the molecule is CSC1CCCC1n1c(CCCl)nc2c(F)cccc21. The second kappa shape index (κ2) is 5.94. The Morgan fingerprint density at radius 1 is 1.45 bits per heavy atom. The highest BCUT2D eigenvalue weighted by atomic mass is 35.5. The van der Waals surface area contributed by atoms with Gasteiger partial charge in [-0.05, 0) is 31.2 Å². The summed E-state index contributed by atoms with van der Waals surface area (Å²) in [4.78, 5) is 4.51. The maximum absolute atomic E-state index is 14.0. The molecule has 5 heteroatoms. The van der Waals surface area contributed by atoms with Gasteiger partial charge in [0.2, 0.25) is 0 Å². The molecule has 1 saturated carbocycles. The van der Waals surface area contributed by atoms with Crippen LogP contribution in [0.5, 0.6) is 0 Å². The Labute approximate surface area is 127 Å². The first-order valence-electron chi connectivity index (χ1n) is 7.00. The number of nitrogens with zero attached hydrogens (tertiary/aromatic N) is 2. The van der Waals surface area contributed by atoms with Gasteiger partial charge in [0, 0.05) is 23.6 Å². The number of hydrogen-bond donors (Lipinski definition) is 0. The van der Waals surface area contributed by atoms with Crippen molar-refractivity contribution in [2.45, 2.75) is 37.0 Å². The lowest BCUT2D eigenvalue weighted by atomic mass is 10.2. The maximum atomic E-state index is 14.0. The molecule has 0 amide bonds. The van der Waals surface area contributed by atoms with Gasteiger partial charge in [-0.15, -0.1) is 11.6 Å². The Morgan fingerprint density at radius 2 is 2.30 bits per heavy atom. The monoisotopic (exact) mass is 312 g/mol. The molecule has 0 saturated heterocycles. The van der Waals surface area contributed by atoms with Gasteiger partial charge in [0.15, 0.2) is 5.82 Å². The van der Waals surface area contributed by atoms with Gasteiger partial charge in [-0.25, -0.2) is 9.37 Å². The van der Waals surface area contributed by atoms with Gasteiger partial charge in [-0.1, -0.05) is 12.5 Å². The van der Waals surface area contributed by atoms with Crippen LogP contribution in [0.25, 0.3) is 11.0 Å². The van der Waals surface area contributed by atoms with Crippen LogP contribution in [-0.2, 0) is 6.42 Å². The summed E-state index contributed by atoms with van der Waals surface area (Å²) in [6.45, 7) is 0. The quantitative estimate of drug-likeness (QED) is 0.778. The molecule has 0 bridgehead atoms. The minimum atomic E-state index is -0.240. The number of para-hydroxylation sites is 1. The van der Waals surface area contributed by atoms with E-state index in [9.17, 15) is 4.39 Å². The molecule has 1 aromatic carbocycles. The highest BCUT2D eigenvalue weighted by Gasteiger charge is 2.31. The Kier molecular flexibility index (Phi) is 4.22. The number of aromatic nitrogens is 2. The lowest BCUT2D eigenvalue weighted by molar-refractivity contribution is 0.522. The summed E-state index contributed by atoms with van der Waals surface area (Å²) >= 11 is 7.80. The number of rotatable bonds is 4. The molecule has 1 heterocycles. The average Bonchev–Trinajstić information content (AvgIpc) is 3.03. The number of imidazole rings is 1. The van der Waals surface area contributed by atoms with Crippen molar-refractivity contribution in [3.63, 3.8) is 0 Å². The largest absolute Gasteiger partial charge is 0.324 e. The number of fused-ring (bicyclic) bond motifs is 1. The van der Waals surface area contributed by atoms with E-state index >= 15 is 0 Å². The van der Waals surface area contributed by atoms with E-state index in [0.29, 0.717) is 29.1 Å². The summed E-state index contributed by atoms with van der Waals surface area (Å²) in [6, 6.07) is 5.63. The minimum absolute atomic E-state index is 0.240. The van der Waals surface area contributed by atoms with Gasteiger partial charge in [0.25, 0.3) is 0 Å². The van der Waals surface area contributed by atoms with Crippen LogP contribution in [0.4, 0.5) is 4.39 Å². The summed E-state index contributed by atoms with van der Waals surface area (Å²) in [5.41, 5.74) is 1.40. The fourth-order valence-electron chi connectivity index (χ4n) is 3.24. The van der Waals surface area contributed by atoms with Gasteiger partial charge in [0.05, 0.1) is 5.52 Å². The number of thioether (sulfide) groups is 1. The van der Waals surface area contributed by atoms with Crippen LogP contribution in [0, 0.1) is 5.82 Å². The van der Waals surface area contributed by atoms with Crippen molar-refractivity contribution in [2.24, 2.45) is 0 Å². The smallest absolute Gasteiger partial charge is 0.151 e. The van der Waals surface area contributed by atoms with Crippen LogP contribution in [0.3, 0.4) is 0 Å². The molecule has 0 N–H and O–H groups in total. The van der Waals surface area contributed by atoms with Crippen molar-refractivity contribution in [3.8, 4) is 0 Å². The van der Waals surface area contributed by atoms with E-state index in [1.807, 2.05) is 17.8 Å². The molecule has 2 unspecified atom stereocenters. The number of hydrogen-bond acceptors (Lipinski definition) is 2. The zero-order valence-electron chi connectivity index (χ0n) is 11.5. The number of halogens is 2. The van der Waals surface area contributed by atoms with Crippen LogP contribution < -0.4 is 0 Å². The van der Waals surface area contributed by atoms with Gasteiger partial charge in [-0.2, -0.15) is 11.8 Å². The van der Waals surface area contributed by atoms with E-state index in [0.717, 1.165) is 17.8 Å². The highest BCUT2D eigenvalue weighted by Crippen LogP contribution is 2.40. The highest BCUT2D eigenvalue weighted by molar-refractivity contribution is 7.99. The lowest BCUT2D eigenvalue weighted by Gasteiger charge is -2.22. The lowest BCUT2D eigenvalue weighted by Crippen LogP contribution is -2.18. The molecule has 1 fully saturated rings. The predicted octanol–water partition coefficient (Wildman–Crippen LogP) is 4.41. The topological polar surface area (TPSA) is 17.8 Å². The fourth-order valence-corrected chi connectivity index (χ4v) is 4.38. The van der Waals surface area contributed by atoms with Gasteiger partial charge < -0.3 is 4.57 Å². The van der Waals surface area contributed by atoms with Crippen LogP contribution in [-0.4, -0.2) is 26.9 Å². The second-order valence-corrected chi connectivity index (χ2v) is 6.67. The molecule has 2 atom stereocenters. The van der Waals surface area contributed by atoms with Gasteiger partial charge in [-0.3, -0.25) is 0 Å². The zero-order valence-corrected chi connectivity index (χ0v) is 13.1. The third-order valence-electron chi connectivity index (χ3n) is 4.11. The standard InChI is InChI=1S/C15H18ClFN2S/c1-20-13-7-3-5-11(13)19-12-6-2-4-10(17)15(12)18-14(19)8-9-16/h2,4,6,11,13H,3,5,7-9H2,1H3. The Balaban J connectivity index is 2.16. The van der Waals surface area contributed by atoms with E-state index in [1.54, 1.807) is 6.07 Å². The first-order valence-corrected chi connectivity index (χ1v) is 8.82. The van der Waals surface area contributed by atoms with Crippen molar-refractivity contribution in [1.82, 2.24) is 9.55 Å². The normalized spacial score (nSPS) is 22.8. The van der Waals surface area contributed by atoms with Crippen molar-refractivity contribution in [2.75, 3.05) is 12.1 Å². The molecule has 108 valence electrons. The summed E-state index contributed by atoms with van der Waals surface area (Å²) < 4.78 is 16.2. The molecule has 0 aliphatic heterocycles. The molecule has 0 spiro atoms. The zero-order chi connectivity index (χ0) is 14.1. The number of alkyl halides is 1. The third kappa shape index (κ3) is 2.33. The van der Waals surface area contributed by atoms with Crippen molar-refractivity contribution >= 4 is 34.4 Å². The maximum Gasteiger partial charge on any atom is 0.151 e. The Bertz CT molecular complexity index is 613. The van der Waals surface area contributed by atoms with Crippen molar-refractivity contribution < 1.29 is 4.39 Å². The summed E-state index contributed by atoms with van der Waals surface area (Å²) in [7, 11) is 0. The third-order valence-corrected chi connectivity index (χ3v) is 5.46. The van der Waals surface area contributed by atoms with Gasteiger partial charge >= 0.3 is 0 Å².